The van der Waals surface area contributed by atoms with E-state index in [-0.39, 0.29) is 0 Å². The van der Waals surface area contributed by atoms with Gasteiger partial charge in [-0.3, -0.25) is 0 Å². The maximum atomic E-state index is 3.60. The first-order chi connectivity index (χ1) is 10.7. The van der Waals surface area contributed by atoms with Gasteiger partial charge in [-0.25, -0.2) is 4.57 Å². The van der Waals surface area contributed by atoms with Gasteiger partial charge in [-0.15, -0.1) is 0 Å². The van der Waals surface area contributed by atoms with Crippen LogP contribution in [0.3, 0.4) is 0 Å². The molecule has 0 amide bonds. The molecule has 1 N–H and O–H groups in total. The lowest BCUT2D eigenvalue weighted by Gasteiger charge is -2.08. The van der Waals surface area contributed by atoms with E-state index in [1.54, 1.807) is 0 Å². The number of aryl methyl sites for hydroxylation is 3. The normalized spacial score (nSPS) is 11.8. The lowest BCUT2D eigenvalue weighted by molar-refractivity contribution is -0.690. The first-order valence-corrected chi connectivity index (χ1v) is 8.71. The third-order valence-corrected chi connectivity index (χ3v) is 4.98. The Bertz CT molecular complexity index is 1010. The second-order valence-electron chi connectivity index (χ2n) is 5.87. The molecule has 2 aromatic carbocycles. The molecule has 3 heteroatoms. The van der Waals surface area contributed by atoms with E-state index in [4.69, 9.17) is 0 Å². The zero-order valence-corrected chi connectivity index (χ0v) is 14.4. The molecular formula is C19H18BrN2+. The highest BCUT2D eigenvalue weighted by atomic mass is 79.9. The maximum absolute atomic E-state index is 3.60. The topological polar surface area (TPSA) is 19.7 Å². The van der Waals surface area contributed by atoms with E-state index < -0.39 is 0 Å². The smallest absolute Gasteiger partial charge is 0.176 e. The van der Waals surface area contributed by atoms with Crippen molar-refractivity contribution >= 4 is 48.5 Å². The predicted molar refractivity (Wildman–Crippen MR) is 96.8 cm³/mol. The van der Waals surface area contributed by atoms with E-state index in [1.165, 1.54) is 43.7 Å². The van der Waals surface area contributed by atoms with Gasteiger partial charge in [0.25, 0.3) is 0 Å². The van der Waals surface area contributed by atoms with Crippen molar-refractivity contribution in [2.24, 2.45) is 0 Å². The molecular weight excluding hydrogens is 336 g/mol. The number of hydrogen-bond acceptors (Lipinski definition) is 0. The number of alkyl halides is 1. The second-order valence-corrected chi connectivity index (χ2v) is 6.66. The number of rotatable bonds is 2. The summed E-state index contributed by atoms with van der Waals surface area (Å²) in [5.74, 6) is 0. The molecule has 110 valence electrons. The molecule has 2 aromatic heterocycles. The summed E-state index contributed by atoms with van der Waals surface area (Å²) in [5, 5.41) is 6.32. The number of para-hydroxylation sites is 1. The molecule has 0 atom stereocenters. The summed E-state index contributed by atoms with van der Waals surface area (Å²) in [5.41, 5.74) is 5.17. The molecule has 0 saturated carbocycles. The van der Waals surface area contributed by atoms with Crippen LogP contribution in [0.2, 0.25) is 0 Å². The van der Waals surface area contributed by atoms with Crippen LogP contribution in [-0.2, 0) is 6.54 Å². The van der Waals surface area contributed by atoms with Crippen LogP contribution in [0.15, 0.2) is 42.7 Å². The molecule has 0 aliphatic heterocycles. The summed E-state index contributed by atoms with van der Waals surface area (Å²) in [4.78, 5) is 3.60. The maximum Gasteiger partial charge on any atom is 0.176 e. The molecule has 2 nitrogen and oxygen atoms in total. The Labute approximate surface area is 137 Å². The monoisotopic (exact) mass is 353 g/mol. The van der Waals surface area contributed by atoms with Gasteiger partial charge in [0.2, 0.25) is 0 Å². The molecule has 0 spiro atoms. The Morgan fingerprint density at radius 2 is 1.82 bits per heavy atom. The van der Waals surface area contributed by atoms with E-state index in [0.29, 0.717) is 0 Å². The Morgan fingerprint density at radius 3 is 2.64 bits per heavy atom. The van der Waals surface area contributed by atoms with Crippen LogP contribution in [0.5, 0.6) is 0 Å². The Balaban J connectivity index is 2.19. The van der Waals surface area contributed by atoms with Gasteiger partial charge in [0.1, 0.15) is 0 Å². The summed E-state index contributed by atoms with van der Waals surface area (Å²) < 4.78 is 2.25. The van der Waals surface area contributed by atoms with Crippen molar-refractivity contribution in [1.82, 2.24) is 4.98 Å². The van der Waals surface area contributed by atoms with Gasteiger partial charge >= 0.3 is 0 Å². The zero-order valence-electron chi connectivity index (χ0n) is 12.8. The lowest BCUT2D eigenvalue weighted by Crippen LogP contribution is -2.33. The third kappa shape index (κ3) is 1.88. The average molecular weight is 354 g/mol. The Morgan fingerprint density at radius 1 is 1.00 bits per heavy atom. The van der Waals surface area contributed by atoms with Gasteiger partial charge in [0.05, 0.1) is 10.8 Å². The van der Waals surface area contributed by atoms with Crippen molar-refractivity contribution in [2.75, 3.05) is 5.33 Å². The van der Waals surface area contributed by atoms with Crippen LogP contribution < -0.4 is 4.57 Å². The fraction of sp³-hybridized carbons (Fsp3) is 0.211. The Hall–Kier alpha value is -1.87. The highest BCUT2D eigenvalue weighted by Gasteiger charge is 2.15. The van der Waals surface area contributed by atoms with E-state index in [1.807, 2.05) is 0 Å². The number of hydrogen-bond donors (Lipinski definition) is 1. The van der Waals surface area contributed by atoms with Gasteiger partial charge in [-0.2, -0.15) is 0 Å². The molecule has 0 saturated heterocycles. The minimum Gasteiger partial charge on any atom is -0.354 e. The molecule has 4 aromatic rings. The van der Waals surface area contributed by atoms with Crippen LogP contribution in [0.1, 0.15) is 11.1 Å². The molecule has 0 aliphatic rings. The second kappa shape index (κ2) is 5.10. The molecule has 2 heterocycles. The quantitative estimate of drug-likeness (QED) is 0.395. The van der Waals surface area contributed by atoms with Crippen LogP contribution in [0, 0.1) is 13.8 Å². The SMILES string of the molecule is Cc1c2cc[n+](CCBr)cc2c(C)c2c1[nH]c1ccccc12. The minimum atomic E-state index is 0.969. The van der Waals surface area contributed by atoms with Gasteiger partial charge < -0.3 is 4.98 Å². The van der Waals surface area contributed by atoms with Crippen molar-refractivity contribution in [3.05, 3.63) is 53.9 Å². The average Bonchev–Trinajstić information content (AvgIpc) is 2.93. The number of H-pyrrole nitrogens is 1. The van der Waals surface area contributed by atoms with Crippen molar-refractivity contribution < 1.29 is 4.57 Å². The molecule has 0 unspecified atom stereocenters. The van der Waals surface area contributed by atoms with Gasteiger partial charge in [-0.05, 0) is 36.4 Å². The molecule has 0 aliphatic carbocycles. The number of pyridine rings is 1. The summed E-state index contributed by atoms with van der Waals surface area (Å²) in [6, 6.07) is 10.8. The van der Waals surface area contributed by atoms with Crippen LogP contribution in [-0.4, -0.2) is 10.3 Å². The van der Waals surface area contributed by atoms with Gasteiger partial charge in [-0.1, -0.05) is 34.1 Å². The standard InChI is InChI=1S/C19H17BrN2/c1-12-16-11-22(10-8-20)9-7-14(16)13(2)19-18(12)15-5-3-4-6-17(15)21-19/h3-7,9,11H,8,10H2,1-2H3/p+1. The molecule has 0 radical (unpaired) electrons. The van der Waals surface area contributed by atoms with E-state index in [9.17, 15) is 0 Å². The largest absolute Gasteiger partial charge is 0.354 e. The number of halogens is 1. The fourth-order valence-corrected chi connectivity index (χ4v) is 3.89. The van der Waals surface area contributed by atoms with E-state index >= 15 is 0 Å². The van der Waals surface area contributed by atoms with E-state index in [0.717, 1.165) is 11.9 Å². The minimum absolute atomic E-state index is 0.969. The van der Waals surface area contributed by atoms with Crippen molar-refractivity contribution in [1.29, 1.82) is 0 Å². The van der Waals surface area contributed by atoms with E-state index in [2.05, 4.69) is 82.1 Å². The van der Waals surface area contributed by atoms with Crippen molar-refractivity contribution in [2.45, 2.75) is 20.4 Å². The number of benzene rings is 2. The molecule has 4 rings (SSSR count). The summed E-state index contributed by atoms with van der Waals surface area (Å²) in [6.07, 6.45) is 4.45. The van der Waals surface area contributed by atoms with Gasteiger partial charge in [0, 0.05) is 27.7 Å². The lowest BCUT2D eigenvalue weighted by atomic mass is 9.97. The number of nitrogens with zero attached hydrogens (tertiary/aromatic N) is 1. The number of fused-ring (bicyclic) bond motifs is 4. The Kier molecular flexibility index (Phi) is 3.19. The number of aromatic nitrogens is 2. The highest BCUT2D eigenvalue weighted by Crippen LogP contribution is 2.35. The first kappa shape index (κ1) is 13.8. The van der Waals surface area contributed by atoms with Crippen molar-refractivity contribution in [3.63, 3.8) is 0 Å². The molecule has 22 heavy (non-hydrogen) atoms. The molecule has 0 fully saturated rings. The number of aromatic amines is 1. The predicted octanol–water partition coefficient (Wildman–Crippen LogP) is 4.77. The van der Waals surface area contributed by atoms with Crippen molar-refractivity contribution in [3.8, 4) is 0 Å². The summed E-state index contributed by atoms with van der Waals surface area (Å²) in [7, 11) is 0. The first-order valence-electron chi connectivity index (χ1n) is 7.59. The van der Waals surface area contributed by atoms with Gasteiger partial charge in [0.15, 0.2) is 18.9 Å². The highest BCUT2D eigenvalue weighted by molar-refractivity contribution is 9.09. The third-order valence-electron chi connectivity index (χ3n) is 4.62. The zero-order chi connectivity index (χ0) is 15.3. The fourth-order valence-electron chi connectivity index (χ4n) is 3.48. The molecule has 0 bridgehead atoms. The van der Waals surface area contributed by atoms with Crippen LogP contribution in [0.25, 0.3) is 32.6 Å². The summed E-state index contributed by atoms with van der Waals surface area (Å²) in [6.45, 7) is 5.44. The summed E-state index contributed by atoms with van der Waals surface area (Å²) >= 11 is 3.52. The number of nitrogens with one attached hydrogen (secondary N) is 1. The van der Waals surface area contributed by atoms with Crippen LogP contribution in [0.4, 0.5) is 0 Å². The van der Waals surface area contributed by atoms with Crippen LogP contribution >= 0.6 is 15.9 Å².